The van der Waals surface area contributed by atoms with Gasteiger partial charge in [-0.05, 0) is 72.9 Å². The molecule has 0 saturated carbocycles. The number of rotatable bonds is 11. The van der Waals surface area contributed by atoms with Crippen molar-refractivity contribution in [2.75, 3.05) is 44.2 Å². The normalized spacial score (nSPS) is 17.5. The number of carbonyl (C=O) groups is 4. The summed E-state index contributed by atoms with van der Waals surface area (Å²) in [4.78, 5) is 65.8. The number of ether oxygens (including phenoxy) is 1. The predicted molar refractivity (Wildman–Crippen MR) is 235 cm³/mol. The molecule has 324 valence electrons. The third-order valence-electron chi connectivity index (χ3n) is 12.2. The third kappa shape index (κ3) is 8.37. The third-order valence-corrected chi connectivity index (χ3v) is 12.2. The zero-order chi connectivity index (χ0) is 44.0. The number of benzene rings is 3. The lowest BCUT2D eigenvalue weighted by Crippen LogP contribution is -2.52. The van der Waals surface area contributed by atoms with E-state index in [2.05, 4.69) is 77.2 Å². The maximum Gasteiger partial charge on any atom is 0.315 e. The van der Waals surface area contributed by atoms with Crippen LogP contribution in [0.3, 0.4) is 0 Å². The van der Waals surface area contributed by atoms with Crippen LogP contribution in [0.1, 0.15) is 90.1 Å². The Bertz CT molecular complexity index is 2730. The fraction of sp³-hybridized carbons (Fsp3) is 0.362. The monoisotopic (exact) mass is 850 g/mol. The van der Waals surface area contributed by atoms with E-state index in [9.17, 15) is 19.2 Å². The van der Waals surface area contributed by atoms with Crippen LogP contribution in [0.25, 0.3) is 33.4 Å². The van der Waals surface area contributed by atoms with Gasteiger partial charge in [-0.15, -0.1) is 0 Å². The van der Waals surface area contributed by atoms with E-state index in [1.165, 1.54) is 0 Å². The number of piperazine rings is 1. The van der Waals surface area contributed by atoms with E-state index in [1.54, 1.807) is 4.90 Å². The number of aromatic nitrogens is 5. The van der Waals surface area contributed by atoms with Crippen molar-refractivity contribution in [3.63, 3.8) is 0 Å². The molecule has 63 heavy (non-hydrogen) atoms. The summed E-state index contributed by atoms with van der Waals surface area (Å²) in [6.45, 7) is 14.8. The Kier molecular flexibility index (Phi) is 11.0. The molecule has 9 rings (SSSR count). The number of nitrogens with one attached hydrogen (secondary N) is 3. The maximum atomic E-state index is 13.4. The van der Waals surface area contributed by atoms with Crippen molar-refractivity contribution < 1.29 is 28.4 Å². The minimum Gasteiger partial charge on any atom is -0.491 e. The number of pyridine rings is 1. The summed E-state index contributed by atoms with van der Waals surface area (Å²) in [5, 5.41) is 17.9. The average Bonchev–Trinajstić information content (AvgIpc) is 4.02. The van der Waals surface area contributed by atoms with Gasteiger partial charge in [0, 0.05) is 79.5 Å². The quantitative estimate of drug-likeness (QED) is 0.134. The molecule has 3 aliphatic heterocycles. The SMILES string of the molecule is Cc1cc(-c2n[nH]c3ncc(-c4ccc(N5CCN(CCOc6cccc7c6C(=O)N(C6CCC(=O)NC6=O)C7)CC5)cc4)cc23)ccc1[C@@H](C)NC(=O)c1nc(C(C)(C)C)no1. The molecule has 16 heteroatoms. The highest BCUT2D eigenvalue weighted by atomic mass is 16.5. The lowest BCUT2D eigenvalue weighted by atomic mass is 9.96. The van der Waals surface area contributed by atoms with Crippen molar-refractivity contribution in [2.24, 2.45) is 0 Å². The van der Waals surface area contributed by atoms with Crippen LogP contribution in [0, 0.1) is 6.92 Å². The van der Waals surface area contributed by atoms with E-state index in [4.69, 9.17) is 14.2 Å². The van der Waals surface area contributed by atoms with E-state index >= 15 is 0 Å². The molecule has 3 aromatic heterocycles. The van der Waals surface area contributed by atoms with Gasteiger partial charge in [-0.25, -0.2) is 4.98 Å². The first-order valence-corrected chi connectivity index (χ1v) is 21.4. The van der Waals surface area contributed by atoms with Crippen molar-refractivity contribution in [3.05, 3.63) is 107 Å². The number of fused-ring (bicyclic) bond motifs is 2. The van der Waals surface area contributed by atoms with Gasteiger partial charge in [0.15, 0.2) is 11.5 Å². The van der Waals surface area contributed by atoms with Gasteiger partial charge in [0.2, 0.25) is 11.8 Å². The molecule has 6 heterocycles. The van der Waals surface area contributed by atoms with E-state index < -0.39 is 17.9 Å². The lowest BCUT2D eigenvalue weighted by molar-refractivity contribution is -0.136. The van der Waals surface area contributed by atoms with E-state index in [1.807, 2.05) is 71.1 Å². The second-order valence-corrected chi connectivity index (χ2v) is 17.5. The second-order valence-electron chi connectivity index (χ2n) is 17.5. The van der Waals surface area contributed by atoms with Crippen LogP contribution in [-0.4, -0.2) is 104 Å². The average molecular weight is 851 g/mol. The summed E-state index contributed by atoms with van der Waals surface area (Å²) in [5.41, 5.74) is 8.58. The maximum absolute atomic E-state index is 13.4. The van der Waals surface area contributed by atoms with Crippen molar-refractivity contribution in [1.29, 1.82) is 0 Å². The van der Waals surface area contributed by atoms with E-state index in [0.717, 1.165) is 82.9 Å². The highest BCUT2D eigenvalue weighted by molar-refractivity contribution is 6.06. The summed E-state index contributed by atoms with van der Waals surface area (Å²) in [7, 11) is 0. The summed E-state index contributed by atoms with van der Waals surface area (Å²) in [5.74, 6) is -0.431. The van der Waals surface area contributed by atoms with E-state index in [-0.39, 0.29) is 35.6 Å². The molecular weight excluding hydrogens is 801 g/mol. The Balaban J connectivity index is 0.789. The van der Waals surface area contributed by atoms with Gasteiger partial charge in [-0.2, -0.15) is 10.1 Å². The molecule has 0 bridgehead atoms. The first-order chi connectivity index (χ1) is 30.3. The Hall–Kier alpha value is -6.94. The largest absolute Gasteiger partial charge is 0.491 e. The van der Waals surface area contributed by atoms with Gasteiger partial charge in [0.25, 0.3) is 5.91 Å². The second kappa shape index (κ2) is 16.7. The molecule has 1 unspecified atom stereocenters. The Labute approximate surface area is 364 Å². The molecule has 16 nitrogen and oxygen atoms in total. The number of hydrogen-bond donors (Lipinski definition) is 3. The molecule has 2 fully saturated rings. The molecule has 0 aliphatic carbocycles. The Morgan fingerprint density at radius 2 is 1.76 bits per heavy atom. The van der Waals surface area contributed by atoms with Crippen LogP contribution in [0.2, 0.25) is 0 Å². The minimum absolute atomic E-state index is 0.0581. The Morgan fingerprint density at radius 1 is 0.984 bits per heavy atom. The number of anilines is 1. The highest BCUT2D eigenvalue weighted by Gasteiger charge is 2.40. The molecule has 2 atom stereocenters. The van der Waals surface area contributed by atoms with Crippen LogP contribution in [0.15, 0.2) is 77.4 Å². The molecule has 3 aliphatic rings. The number of hydrogen-bond acceptors (Lipinski definition) is 12. The molecule has 0 radical (unpaired) electrons. The fourth-order valence-electron chi connectivity index (χ4n) is 8.63. The molecule has 3 N–H and O–H groups in total. The number of aryl methyl sites for hydroxylation is 1. The van der Waals surface area contributed by atoms with Crippen molar-refractivity contribution in [3.8, 4) is 28.1 Å². The predicted octanol–water partition coefficient (Wildman–Crippen LogP) is 5.73. The summed E-state index contributed by atoms with van der Waals surface area (Å²) < 4.78 is 11.4. The van der Waals surface area contributed by atoms with Gasteiger partial charge in [-0.3, -0.25) is 34.5 Å². The fourth-order valence-corrected chi connectivity index (χ4v) is 8.63. The zero-order valence-corrected chi connectivity index (χ0v) is 36.0. The molecule has 3 aromatic carbocycles. The Morgan fingerprint density at radius 3 is 2.49 bits per heavy atom. The first-order valence-electron chi connectivity index (χ1n) is 21.4. The topological polar surface area (TPSA) is 192 Å². The molecular formula is C47H50N10O6. The number of carbonyl (C=O) groups excluding carboxylic acids is 4. The zero-order valence-electron chi connectivity index (χ0n) is 36.0. The van der Waals surface area contributed by atoms with Crippen molar-refractivity contribution in [1.82, 2.24) is 45.8 Å². The number of aromatic amines is 1. The first kappa shape index (κ1) is 41.4. The molecule has 4 amide bonds. The van der Waals surface area contributed by atoms with Crippen LogP contribution in [0.5, 0.6) is 5.75 Å². The number of piperidine rings is 1. The molecule has 0 spiro atoms. The number of amides is 4. The van der Waals surface area contributed by atoms with Gasteiger partial charge in [0.1, 0.15) is 24.1 Å². The minimum atomic E-state index is -0.659. The number of imide groups is 1. The van der Waals surface area contributed by atoms with Gasteiger partial charge in [-0.1, -0.05) is 62.3 Å². The number of nitrogens with zero attached hydrogens (tertiary/aromatic N) is 7. The van der Waals surface area contributed by atoms with Crippen molar-refractivity contribution in [2.45, 2.75) is 71.5 Å². The molecule has 6 aromatic rings. The summed E-state index contributed by atoms with van der Waals surface area (Å²) in [6, 6.07) is 21.4. The van der Waals surface area contributed by atoms with E-state index in [0.29, 0.717) is 42.4 Å². The van der Waals surface area contributed by atoms with Gasteiger partial charge < -0.3 is 24.4 Å². The van der Waals surface area contributed by atoms with Crippen LogP contribution < -0.4 is 20.3 Å². The van der Waals surface area contributed by atoms with Crippen LogP contribution in [-0.2, 0) is 21.5 Å². The van der Waals surface area contributed by atoms with Crippen LogP contribution in [0.4, 0.5) is 5.69 Å². The van der Waals surface area contributed by atoms with Gasteiger partial charge >= 0.3 is 11.8 Å². The van der Waals surface area contributed by atoms with Crippen LogP contribution >= 0.6 is 0 Å². The standard InChI is InChI=1S/C47H50N10O6/c1-27-23-30(11-14-34(27)28(2)49-43(60)44-51-46(54-63-44)47(3,4)5)40-35-24-32(25-48-41(35)53-52-40)29-9-12-33(13-10-29)56-19-17-55(18-20-56)21-22-62-37-8-6-7-31-26-57(45(61)39(31)37)36-15-16-38(58)50-42(36)59/h6-14,23-25,28,36H,15-22,26H2,1-5H3,(H,49,60)(H,48,52,53)(H,50,58,59)/t28-,36?/m1/s1. The van der Waals surface area contributed by atoms with Gasteiger partial charge in [0.05, 0.1) is 11.6 Å². The smallest absolute Gasteiger partial charge is 0.315 e. The summed E-state index contributed by atoms with van der Waals surface area (Å²) in [6.07, 6.45) is 2.40. The number of H-pyrrole nitrogens is 1. The highest BCUT2D eigenvalue weighted by Crippen LogP contribution is 2.35. The van der Waals surface area contributed by atoms with Crippen molar-refractivity contribution >= 4 is 40.3 Å². The molecule has 2 saturated heterocycles. The lowest BCUT2D eigenvalue weighted by Gasteiger charge is -2.36. The summed E-state index contributed by atoms with van der Waals surface area (Å²) >= 11 is 0.